The lowest BCUT2D eigenvalue weighted by atomic mass is 10.2. The predicted octanol–water partition coefficient (Wildman–Crippen LogP) is 1.41. The minimum absolute atomic E-state index is 0.0373. The molecule has 0 unspecified atom stereocenters. The molecule has 1 aromatic carbocycles. The first-order valence-corrected chi connectivity index (χ1v) is 6.52. The van der Waals surface area contributed by atoms with Gasteiger partial charge in [-0.3, -0.25) is 0 Å². The zero-order chi connectivity index (χ0) is 15.1. The quantitative estimate of drug-likeness (QED) is 0.622. The molecule has 1 atom stereocenters. The van der Waals surface area contributed by atoms with Gasteiger partial charge in [0, 0.05) is 17.4 Å². The molecule has 0 heterocycles. The summed E-state index contributed by atoms with van der Waals surface area (Å²) in [5, 5.41) is 22.5. The van der Waals surface area contributed by atoms with Crippen molar-refractivity contribution in [1.82, 2.24) is 5.32 Å². The van der Waals surface area contributed by atoms with E-state index in [-0.39, 0.29) is 13.0 Å². The molecule has 0 spiro atoms. The van der Waals surface area contributed by atoms with E-state index < -0.39 is 18.1 Å². The van der Waals surface area contributed by atoms with Crippen molar-refractivity contribution in [3.8, 4) is 5.75 Å². The summed E-state index contributed by atoms with van der Waals surface area (Å²) in [6.07, 6.45) is -1.56. The van der Waals surface area contributed by atoms with E-state index >= 15 is 0 Å². The fourth-order valence-electron chi connectivity index (χ4n) is 1.39. The number of methoxy groups -OCH3 is 1. The van der Waals surface area contributed by atoms with Crippen LogP contribution in [0.3, 0.4) is 0 Å². The molecule has 2 amide bonds. The Labute approximate surface area is 124 Å². The van der Waals surface area contributed by atoms with Gasteiger partial charge in [-0.1, -0.05) is 15.9 Å². The molecule has 8 heteroatoms. The van der Waals surface area contributed by atoms with Crippen LogP contribution in [0.15, 0.2) is 22.7 Å². The molecule has 0 radical (unpaired) electrons. The number of aliphatic hydroxyl groups is 1. The van der Waals surface area contributed by atoms with Gasteiger partial charge >= 0.3 is 12.0 Å². The summed E-state index contributed by atoms with van der Waals surface area (Å²) in [5.41, 5.74) is 0.471. The Morgan fingerprint density at radius 2 is 2.15 bits per heavy atom. The number of aliphatic carboxylic acids is 1. The standard InChI is InChI=1S/C12H15BrN2O5/c1-20-10-3-2-7(13)6-8(10)15-12(19)14-5-4-9(16)11(17)18/h2-3,6,9,16H,4-5H2,1H3,(H,17,18)(H2,14,15,19)/t9-/m0/s1. The number of ether oxygens (including phenoxy) is 1. The SMILES string of the molecule is COc1ccc(Br)cc1NC(=O)NCC[C@H](O)C(=O)O. The Morgan fingerprint density at radius 1 is 1.45 bits per heavy atom. The van der Waals surface area contributed by atoms with Crippen molar-refractivity contribution in [1.29, 1.82) is 0 Å². The first kappa shape index (κ1) is 16.3. The summed E-state index contributed by atoms with van der Waals surface area (Å²) >= 11 is 3.28. The van der Waals surface area contributed by atoms with Crippen LogP contribution in [0.2, 0.25) is 0 Å². The van der Waals surface area contributed by atoms with Gasteiger partial charge in [-0.2, -0.15) is 0 Å². The van der Waals surface area contributed by atoms with Crippen molar-refractivity contribution in [2.24, 2.45) is 0 Å². The van der Waals surface area contributed by atoms with Crippen LogP contribution in [-0.4, -0.2) is 42.0 Å². The van der Waals surface area contributed by atoms with E-state index in [1.165, 1.54) is 7.11 Å². The van der Waals surface area contributed by atoms with Crippen molar-refractivity contribution in [2.45, 2.75) is 12.5 Å². The Kier molecular flexibility index (Phi) is 6.26. The van der Waals surface area contributed by atoms with E-state index in [0.29, 0.717) is 11.4 Å². The number of hydrogen-bond donors (Lipinski definition) is 4. The first-order valence-electron chi connectivity index (χ1n) is 5.73. The van der Waals surface area contributed by atoms with Gasteiger partial charge in [0.2, 0.25) is 0 Å². The number of carboxylic acids is 1. The molecule has 0 aliphatic heterocycles. The van der Waals surface area contributed by atoms with Crippen LogP contribution in [0.4, 0.5) is 10.5 Å². The summed E-state index contributed by atoms with van der Waals surface area (Å²) in [5.74, 6) is -0.824. The number of anilines is 1. The summed E-state index contributed by atoms with van der Waals surface area (Å²) < 4.78 is 5.87. The summed E-state index contributed by atoms with van der Waals surface area (Å²) in [4.78, 5) is 22.0. The van der Waals surface area contributed by atoms with Gasteiger partial charge in [0.05, 0.1) is 12.8 Å². The molecular weight excluding hydrogens is 332 g/mol. The molecule has 4 N–H and O–H groups in total. The monoisotopic (exact) mass is 346 g/mol. The second-order valence-corrected chi connectivity index (χ2v) is 4.78. The van der Waals surface area contributed by atoms with Gasteiger partial charge in [0.1, 0.15) is 5.75 Å². The smallest absolute Gasteiger partial charge is 0.332 e. The number of carboxylic acid groups (broad SMARTS) is 1. The Morgan fingerprint density at radius 3 is 2.75 bits per heavy atom. The number of hydrogen-bond acceptors (Lipinski definition) is 4. The highest BCUT2D eigenvalue weighted by molar-refractivity contribution is 9.10. The lowest BCUT2D eigenvalue weighted by molar-refractivity contribution is -0.146. The van der Waals surface area contributed by atoms with Gasteiger partial charge in [-0.25, -0.2) is 9.59 Å². The van der Waals surface area contributed by atoms with E-state index in [9.17, 15) is 9.59 Å². The van der Waals surface area contributed by atoms with Crippen molar-refractivity contribution in [3.05, 3.63) is 22.7 Å². The zero-order valence-electron chi connectivity index (χ0n) is 10.7. The second kappa shape index (κ2) is 7.71. The molecule has 0 saturated heterocycles. The predicted molar refractivity (Wildman–Crippen MR) is 76.0 cm³/mol. The molecule has 110 valence electrons. The topological polar surface area (TPSA) is 108 Å². The minimum atomic E-state index is -1.49. The largest absolute Gasteiger partial charge is 0.495 e. The number of aliphatic hydroxyl groups excluding tert-OH is 1. The van der Waals surface area contributed by atoms with Crippen LogP contribution >= 0.6 is 15.9 Å². The molecule has 1 aromatic rings. The number of benzene rings is 1. The highest BCUT2D eigenvalue weighted by Crippen LogP contribution is 2.27. The molecule has 20 heavy (non-hydrogen) atoms. The molecule has 7 nitrogen and oxygen atoms in total. The van der Waals surface area contributed by atoms with Crippen LogP contribution in [0.5, 0.6) is 5.75 Å². The first-order chi connectivity index (χ1) is 9.43. The van der Waals surface area contributed by atoms with Crippen molar-refractivity contribution in [2.75, 3.05) is 19.0 Å². The summed E-state index contributed by atoms with van der Waals surface area (Å²) in [6.45, 7) is 0.0373. The molecule has 0 bridgehead atoms. The van der Waals surface area contributed by atoms with Crippen molar-refractivity contribution < 1.29 is 24.5 Å². The Bertz CT molecular complexity index is 495. The molecule has 0 aromatic heterocycles. The van der Waals surface area contributed by atoms with Crippen LogP contribution < -0.4 is 15.4 Å². The molecule has 0 aliphatic carbocycles. The highest BCUT2D eigenvalue weighted by atomic mass is 79.9. The van der Waals surface area contributed by atoms with Crippen molar-refractivity contribution >= 4 is 33.6 Å². The second-order valence-electron chi connectivity index (χ2n) is 3.87. The number of amides is 2. The van der Waals surface area contributed by atoms with E-state index in [2.05, 4.69) is 26.6 Å². The normalized spacial score (nSPS) is 11.6. The highest BCUT2D eigenvalue weighted by Gasteiger charge is 2.13. The third-order valence-corrected chi connectivity index (χ3v) is 2.89. The van der Waals surface area contributed by atoms with Gasteiger partial charge in [0.15, 0.2) is 6.10 Å². The number of urea groups is 1. The maximum absolute atomic E-state index is 11.6. The van der Waals surface area contributed by atoms with Gasteiger partial charge < -0.3 is 25.6 Å². The lowest BCUT2D eigenvalue weighted by Crippen LogP contribution is -2.33. The average Bonchev–Trinajstić information content (AvgIpc) is 2.38. The third kappa shape index (κ3) is 5.06. The maximum atomic E-state index is 11.6. The molecule has 0 saturated carbocycles. The number of carbonyl (C=O) groups excluding carboxylic acids is 1. The zero-order valence-corrected chi connectivity index (χ0v) is 12.3. The van der Waals surface area contributed by atoms with Gasteiger partial charge in [-0.15, -0.1) is 0 Å². The van der Waals surface area contributed by atoms with E-state index in [1.54, 1.807) is 18.2 Å². The summed E-state index contributed by atoms with van der Waals surface area (Å²) in [6, 6.07) is 4.61. The number of carbonyl (C=O) groups is 2. The molecule has 1 rings (SSSR count). The van der Waals surface area contributed by atoms with E-state index in [0.717, 1.165) is 4.47 Å². The van der Waals surface area contributed by atoms with Crippen LogP contribution in [0, 0.1) is 0 Å². The minimum Gasteiger partial charge on any atom is -0.495 e. The van der Waals surface area contributed by atoms with Gasteiger partial charge in [-0.05, 0) is 18.2 Å². The average molecular weight is 347 g/mol. The number of halogens is 1. The van der Waals surface area contributed by atoms with Crippen LogP contribution in [0.1, 0.15) is 6.42 Å². The van der Waals surface area contributed by atoms with Crippen LogP contribution in [0.25, 0.3) is 0 Å². The van der Waals surface area contributed by atoms with E-state index in [4.69, 9.17) is 14.9 Å². The molecule has 0 fully saturated rings. The number of nitrogens with one attached hydrogen (secondary N) is 2. The Hall–Kier alpha value is -1.80. The summed E-state index contributed by atoms with van der Waals surface area (Å²) in [7, 11) is 1.48. The third-order valence-electron chi connectivity index (χ3n) is 2.40. The maximum Gasteiger partial charge on any atom is 0.332 e. The molecule has 0 aliphatic rings. The van der Waals surface area contributed by atoms with Crippen LogP contribution in [-0.2, 0) is 4.79 Å². The van der Waals surface area contributed by atoms with E-state index in [1.807, 2.05) is 0 Å². The molecular formula is C12H15BrN2O5. The lowest BCUT2D eigenvalue weighted by Gasteiger charge is -2.12. The fraction of sp³-hybridized carbons (Fsp3) is 0.333. The fourth-order valence-corrected chi connectivity index (χ4v) is 1.75. The number of rotatable bonds is 6. The Balaban J connectivity index is 2.50. The van der Waals surface area contributed by atoms with Gasteiger partial charge in [0.25, 0.3) is 0 Å². The van der Waals surface area contributed by atoms with Crippen molar-refractivity contribution in [3.63, 3.8) is 0 Å².